The first-order valence-corrected chi connectivity index (χ1v) is 10.0. The quantitative estimate of drug-likeness (QED) is 0.358. The number of nitrogens with zero attached hydrogens (tertiary/aromatic N) is 2. The third kappa shape index (κ3) is 6.07. The molecule has 6 nitrogen and oxygen atoms in total. The van der Waals surface area contributed by atoms with Gasteiger partial charge in [0.25, 0.3) is 0 Å². The molecule has 0 aromatic heterocycles. The Bertz CT molecular complexity index is 662. The maximum absolute atomic E-state index is 12.6. The molecule has 1 unspecified atom stereocenters. The zero-order valence-electron chi connectivity index (χ0n) is 16.9. The Morgan fingerprint density at radius 1 is 1.21 bits per heavy atom. The summed E-state index contributed by atoms with van der Waals surface area (Å²) in [4.78, 5) is 19.0. The van der Waals surface area contributed by atoms with Gasteiger partial charge in [-0.25, -0.2) is 0 Å². The Labute approximate surface area is 185 Å². The second-order valence-corrected chi connectivity index (χ2v) is 7.52. The highest BCUT2D eigenvalue weighted by Gasteiger charge is 2.32. The van der Waals surface area contributed by atoms with Gasteiger partial charge >= 0.3 is 0 Å². The number of benzene rings is 1. The molecule has 1 atom stereocenters. The molecule has 3 rings (SSSR count). The van der Waals surface area contributed by atoms with Crippen LogP contribution in [0.1, 0.15) is 43.2 Å². The number of aliphatic imine (C=N–C) groups is 1. The molecule has 2 N–H and O–H groups in total. The molecule has 0 radical (unpaired) electrons. The van der Waals surface area contributed by atoms with Crippen molar-refractivity contribution in [1.82, 2.24) is 15.5 Å². The van der Waals surface area contributed by atoms with Crippen LogP contribution >= 0.6 is 24.0 Å². The molecule has 0 spiro atoms. The zero-order valence-corrected chi connectivity index (χ0v) is 19.3. The van der Waals surface area contributed by atoms with Crippen LogP contribution in [-0.2, 0) is 22.7 Å². The van der Waals surface area contributed by atoms with Crippen LogP contribution in [0.3, 0.4) is 0 Å². The second kappa shape index (κ2) is 11.6. The van der Waals surface area contributed by atoms with E-state index in [9.17, 15) is 4.79 Å². The molecule has 0 bridgehead atoms. The van der Waals surface area contributed by atoms with Crippen LogP contribution in [0.15, 0.2) is 29.3 Å². The van der Waals surface area contributed by atoms with Gasteiger partial charge < -0.3 is 20.3 Å². The van der Waals surface area contributed by atoms with Crippen molar-refractivity contribution >= 4 is 35.8 Å². The van der Waals surface area contributed by atoms with Crippen molar-refractivity contribution in [3.8, 4) is 0 Å². The van der Waals surface area contributed by atoms with Crippen LogP contribution in [-0.4, -0.2) is 50.1 Å². The fraction of sp³-hybridized carbons (Fsp3) is 0.619. The van der Waals surface area contributed by atoms with Gasteiger partial charge in [0.1, 0.15) is 0 Å². The summed E-state index contributed by atoms with van der Waals surface area (Å²) in [7, 11) is 3.50. The first-order valence-electron chi connectivity index (χ1n) is 10.0. The molecular formula is C21H33IN4O2. The molecule has 2 fully saturated rings. The first-order chi connectivity index (χ1) is 13.2. The van der Waals surface area contributed by atoms with Crippen molar-refractivity contribution in [2.24, 2.45) is 10.9 Å². The van der Waals surface area contributed by atoms with E-state index in [1.165, 1.54) is 24.0 Å². The van der Waals surface area contributed by atoms with Gasteiger partial charge in [-0.3, -0.25) is 9.79 Å². The SMILES string of the molecule is CN=C(NCc1ccccc1COC)NC1CCN(C(=O)C2CCCC2)C1.I. The highest BCUT2D eigenvalue weighted by molar-refractivity contribution is 14.0. The van der Waals surface area contributed by atoms with E-state index in [4.69, 9.17) is 4.74 Å². The minimum absolute atomic E-state index is 0. The number of carbonyl (C=O) groups is 1. The van der Waals surface area contributed by atoms with E-state index in [0.29, 0.717) is 19.1 Å². The van der Waals surface area contributed by atoms with Crippen molar-refractivity contribution in [2.45, 2.75) is 51.3 Å². The van der Waals surface area contributed by atoms with E-state index >= 15 is 0 Å². The first kappa shape index (κ1) is 22.9. The summed E-state index contributed by atoms with van der Waals surface area (Å²) in [5, 5.41) is 6.87. The number of nitrogens with one attached hydrogen (secondary N) is 2. The van der Waals surface area contributed by atoms with Gasteiger partial charge in [0.05, 0.1) is 6.61 Å². The number of guanidine groups is 1. The Balaban J connectivity index is 0.00000280. The van der Waals surface area contributed by atoms with E-state index in [-0.39, 0.29) is 35.9 Å². The maximum Gasteiger partial charge on any atom is 0.225 e. The highest BCUT2D eigenvalue weighted by Crippen LogP contribution is 2.27. The third-order valence-corrected chi connectivity index (χ3v) is 5.63. The fourth-order valence-electron chi connectivity index (χ4n) is 4.10. The van der Waals surface area contributed by atoms with Crippen LogP contribution in [0.4, 0.5) is 0 Å². The smallest absolute Gasteiger partial charge is 0.225 e. The molecule has 1 aromatic carbocycles. The van der Waals surface area contributed by atoms with Crippen molar-refractivity contribution in [1.29, 1.82) is 0 Å². The lowest BCUT2D eigenvalue weighted by Gasteiger charge is -2.21. The Morgan fingerprint density at radius 2 is 1.93 bits per heavy atom. The lowest BCUT2D eigenvalue weighted by molar-refractivity contribution is -0.134. The summed E-state index contributed by atoms with van der Waals surface area (Å²) in [5.41, 5.74) is 2.38. The summed E-state index contributed by atoms with van der Waals surface area (Å²) in [6.07, 6.45) is 5.51. The largest absolute Gasteiger partial charge is 0.380 e. The molecule has 1 aliphatic carbocycles. The number of hydrogen-bond acceptors (Lipinski definition) is 3. The summed E-state index contributed by atoms with van der Waals surface area (Å²) in [6.45, 7) is 2.92. The molecule has 7 heteroatoms. The van der Waals surface area contributed by atoms with Gasteiger partial charge in [0.2, 0.25) is 5.91 Å². The van der Waals surface area contributed by atoms with Crippen LogP contribution in [0, 0.1) is 5.92 Å². The van der Waals surface area contributed by atoms with E-state index in [0.717, 1.165) is 38.3 Å². The molecule has 156 valence electrons. The van der Waals surface area contributed by atoms with Crippen LogP contribution in [0.5, 0.6) is 0 Å². The minimum atomic E-state index is 0. The van der Waals surface area contributed by atoms with Crippen LogP contribution < -0.4 is 10.6 Å². The number of ether oxygens (including phenoxy) is 1. The maximum atomic E-state index is 12.6. The average Bonchev–Trinajstić information content (AvgIpc) is 3.38. The van der Waals surface area contributed by atoms with Crippen LogP contribution in [0.2, 0.25) is 0 Å². The number of halogens is 1. The molecule has 1 amide bonds. The molecule has 1 heterocycles. The zero-order chi connectivity index (χ0) is 19.1. The van der Waals surface area contributed by atoms with Gasteiger partial charge in [-0.2, -0.15) is 0 Å². The Kier molecular flexibility index (Phi) is 9.50. The van der Waals surface area contributed by atoms with Gasteiger partial charge in [-0.1, -0.05) is 37.1 Å². The van der Waals surface area contributed by atoms with Crippen molar-refractivity contribution in [2.75, 3.05) is 27.2 Å². The van der Waals surface area contributed by atoms with Crippen molar-refractivity contribution in [3.05, 3.63) is 35.4 Å². The minimum Gasteiger partial charge on any atom is -0.380 e. The van der Waals surface area contributed by atoms with Gasteiger partial charge in [0.15, 0.2) is 5.96 Å². The summed E-state index contributed by atoms with van der Waals surface area (Å²) in [6, 6.07) is 8.51. The summed E-state index contributed by atoms with van der Waals surface area (Å²) >= 11 is 0. The Hall–Kier alpha value is -1.35. The fourth-order valence-corrected chi connectivity index (χ4v) is 4.10. The van der Waals surface area contributed by atoms with E-state index < -0.39 is 0 Å². The number of likely N-dealkylation sites (tertiary alicyclic amines) is 1. The van der Waals surface area contributed by atoms with Crippen molar-refractivity contribution in [3.63, 3.8) is 0 Å². The normalized spacial score (nSPS) is 20.1. The van der Waals surface area contributed by atoms with E-state index in [2.05, 4.69) is 27.8 Å². The number of amides is 1. The predicted molar refractivity (Wildman–Crippen MR) is 123 cm³/mol. The number of methoxy groups -OCH3 is 1. The topological polar surface area (TPSA) is 66.0 Å². The van der Waals surface area contributed by atoms with E-state index in [1.807, 2.05) is 17.0 Å². The van der Waals surface area contributed by atoms with Crippen molar-refractivity contribution < 1.29 is 9.53 Å². The average molecular weight is 500 g/mol. The summed E-state index contributed by atoms with van der Waals surface area (Å²) in [5.74, 6) is 1.40. The Morgan fingerprint density at radius 3 is 2.61 bits per heavy atom. The lowest BCUT2D eigenvalue weighted by atomic mass is 10.1. The number of carbonyl (C=O) groups excluding carboxylic acids is 1. The van der Waals surface area contributed by atoms with Gasteiger partial charge in [-0.15, -0.1) is 24.0 Å². The van der Waals surface area contributed by atoms with Gasteiger partial charge in [-0.05, 0) is 30.4 Å². The molecule has 1 aliphatic heterocycles. The van der Waals surface area contributed by atoms with Crippen LogP contribution in [0.25, 0.3) is 0 Å². The predicted octanol–water partition coefficient (Wildman–Crippen LogP) is 2.91. The third-order valence-electron chi connectivity index (χ3n) is 5.63. The number of rotatable bonds is 6. The molecule has 2 aliphatic rings. The highest BCUT2D eigenvalue weighted by atomic mass is 127. The standard InChI is InChI=1S/C21H32N4O2.HI/c1-22-21(23-13-17-9-5-6-10-18(17)15-27-2)24-19-11-12-25(14-19)20(26)16-7-3-4-8-16;/h5-6,9-10,16,19H,3-4,7-8,11-15H2,1-2H3,(H2,22,23,24);1H. The summed E-state index contributed by atoms with van der Waals surface area (Å²) < 4.78 is 5.27. The monoisotopic (exact) mass is 500 g/mol. The molecule has 1 saturated carbocycles. The molecule has 1 aromatic rings. The number of hydrogen-bond donors (Lipinski definition) is 2. The molecule has 28 heavy (non-hydrogen) atoms. The van der Waals surface area contributed by atoms with Gasteiger partial charge in [0, 0.05) is 45.8 Å². The molecular weight excluding hydrogens is 467 g/mol. The second-order valence-electron chi connectivity index (χ2n) is 7.52. The van der Waals surface area contributed by atoms with E-state index in [1.54, 1.807) is 14.2 Å². The molecule has 1 saturated heterocycles. The lowest BCUT2D eigenvalue weighted by Crippen LogP contribution is -2.45.